The molecule has 1 amide bonds. The molecule has 2 saturated heterocycles. The van der Waals surface area contributed by atoms with E-state index in [-0.39, 0.29) is 24.7 Å². The summed E-state index contributed by atoms with van der Waals surface area (Å²) < 4.78 is 11.9. The third kappa shape index (κ3) is 5.77. The van der Waals surface area contributed by atoms with Gasteiger partial charge in [-0.05, 0) is 56.6 Å². The van der Waals surface area contributed by atoms with Gasteiger partial charge in [-0.25, -0.2) is 0 Å². The Morgan fingerprint density at radius 1 is 1.16 bits per heavy atom. The van der Waals surface area contributed by atoms with Crippen LogP contribution in [0.15, 0.2) is 29.3 Å². The number of guanidine groups is 1. The Balaban J connectivity index is 1.22. The van der Waals surface area contributed by atoms with Gasteiger partial charge in [-0.2, -0.15) is 0 Å². The molecule has 31 heavy (non-hydrogen) atoms. The molecule has 7 nitrogen and oxygen atoms in total. The molecule has 1 unspecified atom stereocenters. The number of ether oxygens (including phenoxy) is 2. The predicted molar refractivity (Wildman–Crippen MR) is 123 cm³/mol. The van der Waals surface area contributed by atoms with E-state index in [4.69, 9.17) is 9.47 Å². The molecule has 1 aromatic carbocycles. The fourth-order valence-electron chi connectivity index (χ4n) is 4.79. The largest absolute Gasteiger partial charge is 0.376 e. The average molecular weight is 429 g/mol. The van der Waals surface area contributed by atoms with Crippen LogP contribution in [0.4, 0.5) is 5.69 Å². The van der Waals surface area contributed by atoms with Crippen molar-refractivity contribution >= 4 is 17.6 Å². The molecule has 0 radical (unpaired) electrons. The number of nitrogens with zero attached hydrogens (tertiary/aromatic N) is 3. The van der Waals surface area contributed by atoms with Gasteiger partial charge in [0, 0.05) is 39.0 Å². The van der Waals surface area contributed by atoms with E-state index in [0.717, 1.165) is 70.0 Å². The lowest BCUT2D eigenvalue weighted by molar-refractivity contribution is -0.117. The summed E-state index contributed by atoms with van der Waals surface area (Å²) >= 11 is 0. The molecule has 170 valence electrons. The molecule has 7 heteroatoms. The smallest absolute Gasteiger partial charge is 0.246 e. The monoisotopic (exact) mass is 428 g/mol. The highest BCUT2D eigenvalue weighted by Gasteiger charge is 2.26. The maximum atomic E-state index is 12.9. The minimum Gasteiger partial charge on any atom is -0.376 e. The number of anilines is 1. The predicted octanol–water partition coefficient (Wildman–Crippen LogP) is 2.59. The van der Waals surface area contributed by atoms with Crippen molar-refractivity contribution in [3.05, 3.63) is 29.8 Å². The molecule has 0 aromatic heterocycles. The van der Waals surface area contributed by atoms with Crippen LogP contribution in [0.1, 0.15) is 44.1 Å². The molecule has 0 spiro atoms. The highest BCUT2D eigenvalue weighted by molar-refractivity contribution is 5.98. The first-order chi connectivity index (χ1) is 15.2. The van der Waals surface area contributed by atoms with Gasteiger partial charge < -0.3 is 24.6 Å². The Labute approximate surface area is 185 Å². The quantitative estimate of drug-likeness (QED) is 0.577. The fourth-order valence-corrected chi connectivity index (χ4v) is 4.79. The summed E-state index contributed by atoms with van der Waals surface area (Å²) in [6.07, 6.45) is 8.09. The fraction of sp³-hybridized carbons (Fsp3) is 0.667. The molecule has 0 saturated carbocycles. The van der Waals surface area contributed by atoms with Crippen molar-refractivity contribution in [2.24, 2.45) is 4.99 Å². The lowest BCUT2D eigenvalue weighted by Gasteiger charge is -2.35. The lowest BCUT2D eigenvalue weighted by Crippen LogP contribution is -2.50. The number of piperidine rings is 1. The number of amides is 1. The zero-order chi connectivity index (χ0) is 21.5. The third-order valence-corrected chi connectivity index (χ3v) is 6.55. The number of likely N-dealkylation sites (tertiary alicyclic amines) is 1. The second-order valence-electron chi connectivity index (χ2n) is 8.69. The number of hydrogen-bond donors (Lipinski definition) is 1. The van der Waals surface area contributed by atoms with Crippen LogP contribution in [-0.2, 0) is 20.7 Å². The molecule has 3 aliphatic rings. The highest BCUT2D eigenvalue weighted by atomic mass is 16.5. The molecular formula is C24H36N4O3. The van der Waals surface area contributed by atoms with Crippen molar-refractivity contribution in [3.8, 4) is 0 Å². The Kier molecular flexibility index (Phi) is 7.81. The van der Waals surface area contributed by atoms with Crippen molar-refractivity contribution in [2.45, 2.75) is 57.2 Å². The second-order valence-corrected chi connectivity index (χ2v) is 8.69. The molecule has 0 bridgehead atoms. The molecule has 4 rings (SSSR count). The number of carbonyl (C=O) groups is 1. The normalized spacial score (nSPS) is 22.9. The van der Waals surface area contributed by atoms with Crippen LogP contribution in [0.3, 0.4) is 0 Å². The first-order valence-corrected chi connectivity index (χ1v) is 11.8. The van der Waals surface area contributed by atoms with Gasteiger partial charge in [0.25, 0.3) is 0 Å². The highest BCUT2D eigenvalue weighted by Crippen LogP contribution is 2.26. The Bertz CT molecular complexity index is 755. The number of hydrogen-bond acceptors (Lipinski definition) is 4. The first kappa shape index (κ1) is 22.1. The SMILES string of the molecule is CN=C(NCC(=O)N1CCCc2ccccc21)N1CCC(OCC2CCCCO2)CC1. The standard InChI is InChI=1S/C24H36N4O3/c1-25-24(26-17-23(29)28-13-6-8-19-7-2-3-10-22(19)28)27-14-11-20(12-15-27)31-18-21-9-4-5-16-30-21/h2-3,7,10,20-21H,4-6,8-9,11-18H2,1H3,(H,25,26). The molecule has 3 aliphatic heterocycles. The van der Waals surface area contributed by atoms with E-state index in [1.54, 1.807) is 7.05 Å². The maximum Gasteiger partial charge on any atom is 0.246 e. The van der Waals surface area contributed by atoms with Gasteiger partial charge in [0.15, 0.2) is 5.96 Å². The van der Waals surface area contributed by atoms with E-state index in [0.29, 0.717) is 6.61 Å². The van der Waals surface area contributed by atoms with Crippen LogP contribution < -0.4 is 10.2 Å². The molecule has 2 fully saturated rings. The van der Waals surface area contributed by atoms with Crippen molar-refractivity contribution < 1.29 is 14.3 Å². The van der Waals surface area contributed by atoms with Crippen LogP contribution in [-0.4, -0.2) is 75.4 Å². The number of carbonyl (C=O) groups excluding carboxylic acids is 1. The van der Waals surface area contributed by atoms with Gasteiger partial charge in [0.05, 0.1) is 25.4 Å². The number of aryl methyl sites for hydroxylation is 1. The van der Waals surface area contributed by atoms with E-state index >= 15 is 0 Å². The molecular weight excluding hydrogens is 392 g/mol. The van der Waals surface area contributed by atoms with Crippen molar-refractivity contribution in [1.82, 2.24) is 10.2 Å². The molecule has 0 aliphatic carbocycles. The minimum atomic E-state index is 0.0963. The number of aliphatic imine (C=N–C) groups is 1. The summed E-state index contributed by atoms with van der Waals surface area (Å²) in [5, 5.41) is 3.29. The zero-order valence-electron chi connectivity index (χ0n) is 18.7. The molecule has 1 N–H and O–H groups in total. The van der Waals surface area contributed by atoms with Crippen LogP contribution in [0.2, 0.25) is 0 Å². The Morgan fingerprint density at radius 3 is 2.77 bits per heavy atom. The molecule has 1 atom stereocenters. The van der Waals surface area contributed by atoms with Crippen molar-refractivity contribution in [3.63, 3.8) is 0 Å². The summed E-state index contributed by atoms with van der Waals surface area (Å²) in [6.45, 7) is 4.40. The van der Waals surface area contributed by atoms with Crippen LogP contribution in [0, 0.1) is 0 Å². The van der Waals surface area contributed by atoms with E-state index in [1.165, 1.54) is 18.4 Å². The van der Waals surface area contributed by atoms with E-state index < -0.39 is 0 Å². The van der Waals surface area contributed by atoms with Gasteiger partial charge in [0.2, 0.25) is 5.91 Å². The van der Waals surface area contributed by atoms with Crippen molar-refractivity contribution in [2.75, 3.05) is 51.3 Å². The number of nitrogens with one attached hydrogen (secondary N) is 1. The van der Waals surface area contributed by atoms with Gasteiger partial charge in [-0.3, -0.25) is 9.79 Å². The van der Waals surface area contributed by atoms with E-state index in [2.05, 4.69) is 21.3 Å². The number of para-hydroxylation sites is 1. The molecule has 1 aromatic rings. The number of benzene rings is 1. The summed E-state index contributed by atoms with van der Waals surface area (Å²) in [4.78, 5) is 21.5. The summed E-state index contributed by atoms with van der Waals surface area (Å²) in [5.74, 6) is 0.895. The van der Waals surface area contributed by atoms with Gasteiger partial charge in [0.1, 0.15) is 0 Å². The third-order valence-electron chi connectivity index (χ3n) is 6.55. The van der Waals surface area contributed by atoms with Crippen LogP contribution in [0.5, 0.6) is 0 Å². The second kappa shape index (κ2) is 11.0. The molecule has 3 heterocycles. The van der Waals surface area contributed by atoms with Gasteiger partial charge in [-0.1, -0.05) is 18.2 Å². The minimum absolute atomic E-state index is 0.0963. The van der Waals surface area contributed by atoms with Crippen LogP contribution >= 0.6 is 0 Å². The van der Waals surface area contributed by atoms with Gasteiger partial charge in [-0.15, -0.1) is 0 Å². The summed E-state index contributed by atoms with van der Waals surface area (Å²) in [6, 6.07) is 8.21. The van der Waals surface area contributed by atoms with Crippen molar-refractivity contribution in [1.29, 1.82) is 0 Å². The lowest BCUT2D eigenvalue weighted by atomic mass is 10.0. The topological polar surface area (TPSA) is 66.4 Å². The summed E-state index contributed by atoms with van der Waals surface area (Å²) in [5.41, 5.74) is 2.31. The first-order valence-electron chi connectivity index (χ1n) is 11.8. The van der Waals surface area contributed by atoms with E-state index in [9.17, 15) is 4.79 Å². The Hall–Kier alpha value is -2.12. The van der Waals surface area contributed by atoms with Gasteiger partial charge >= 0.3 is 0 Å². The van der Waals surface area contributed by atoms with Crippen LogP contribution in [0.25, 0.3) is 0 Å². The number of fused-ring (bicyclic) bond motifs is 1. The zero-order valence-corrected chi connectivity index (χ0v) is 18.7. The number of rotatable bonds is 5. The Morgan fingerprint density at radius 2 is 2.00 bits per heavy atom. The summed E-state index contributed by atoms with van der Waals surface area (Å²) in [7, 11) is 1.78. The average Bonchev–Trinajstić information content (AvgIpc) is 2.84. The maximum absolute atomic E-state index is 12.9. The van der Waals surface area contributed by atoms with E-state index in [1.807, 2.05) is 23.1 Å².